The van der Waals surface area contributed by atoms with Crippen molar-refractivity contribution in [1.29, 1.82) is 0 Å². The smallest absolute Gasteiger partial charge is 0.0712 e. The van der Waals surface area contributed by atoms with Crippen LogP contribution in [0.3, 0.4) is 0 Å². The van der Waals surface area contributed by atoms with Gasteiger partial charge in [0.25, 0.3) is 0 Å². The van der Waals surface area contributed by atoms with E-state index in [4.69, 9.17) is 10.5 Å². The van der Waals surface area contributed by atoms with E-state index in [1.807, 2.05) is 0 Å². The molecule has 0 radical (unpaired) electrons. The third-order valence-corrected chi connectivity index (χ3v) is 4.62. The predicted molar refractivity (Wildman–Crippen MR) is 76.8 cm³/mol. The molecule has 0 amide bonds. The van der Waals surface area contributed by atoms with Crippen molar-refractivity contribution in [2.45, 2.75) is 43.9 Å². The Balaban J connectivity index is 1.53. The van der Waals surface area contributed by atoms with Gasteiger partial charge < -0.3 is 10.5 Å². The van der Waals surface area contributed by atoms with Crippen LogP contribution in [-0.4, -0.2) is 36.2 Å². The van der Waals surface area contributed by atoms with Gasteiger partial charge in [0.2, 0.25) is 0 Å². The second kappa shape index (κ2) is 5.61. The highest BCUT2D eigenvalue weighted by molar-refractivity contribution is 5.14. The van der Waals surface area contributed by atoms with Crippen LogP contribution < -0.4 is 5.73 Å². The minimum Gasteiger partial charge on any atom is -0.370 e. The summed E-state index contributed by atoms with van der Waals surface area (Å²) in [5, 5.41) is 0. The Morgan fingerprint density at radius 3 is 2.53 bits per heavy atom. The van der Waals surface area contributed by atoms with Crippen molar-refractivity contribution in [1.82, 2.24) is 4.90 Å². The Morgan fingerprint density at radius 1 is 1.16 bits per heavy atom. The number of benzene rings is 1. The molecule has 0 aromatic heterocycles. The summed E-state index contributed by atoms with van der Waals surface area (Å²) in [6.45, 7) is 4.03. The van der Waals surface area contributed by atoms with Crippen LogP contribution in [0.2, 0.25) is 0 Å². The Labute approximate surface area is 115 Å². The molecule has 1 spiro atoms. The van der Waals surface area contributed by atoms with Crippen molar-refractivity contribution in [3.05, 3.63) is 35.9 Å². The van der Waals surface area contributed by atoms with Crippen LogP contribution in [0, 0.1) is 0 Å². The molecule has 3 heteroatoms. The standard InChI is InChI=1S/C16H24N2O/c17-12-15-6-7-16(19-15)8-10-18(11-9-16)13-14-4-2-1-3-5-14/h1-5,15H,6-13,17H2. The summed E-state index contributed by atoms with van der Waals surface area (Å²) in [6, 6.07) is 10.7. The highest BCUT2D eigenvalue weighted by Gasteiger charge is 2.41. The largest absolute Gasteiger partial charge is 0.370 e. The molecule has 0 bridgehead atoms. The third-order valence-electron chi connectivity index (χ3n) is 4.62. The molecule has 2 aliphatic heterocycles. The van der Waals surface area contributed by atoms with Gasteiger partial charge in [-0.15, -0.1) is 0 Å². The van der Waals surface area contributed by atoms with E-state index in [0.717, 1.165) is 38.9 Å². The molecule has 2 aliphatic rings. The van der Waals surface area contributed by atoms with Crippen LogP contribution >= 0.6 is 0 Å². The Morgan fingerprint density at radius 2 is 1.89 bits per heavy atom. The first-order valence-electron chi connectivity index (χ1n) is 7.44. The minimum atomic E-state index is 0.150. The number of likely N-dealkylation sites (tertiary alicyclic amines) is 1. The zero-order chi connectivity index (χ0) is 13.1. The lowest BCUT2D eigenvalue weighted by Gasteiger charge is -2.39. The number of nitrogens with zero attached hydrogens (tertiary/aromatic N) is 1. The van der Waals surface area contributed by atoms with Crippen LogP contribution in [0.25, 0.3) is 0 Å². The second-order valence-electron chi connectivity index (χ2n) is 5.96. The fourth-order valence-electron chi connectivity index (χ4n) is 3.39. The molecule has 0 aliphatic carbocycles. The molecular formula is C16H24N2O. The molecule has 104 valence electrons. The highest BCUT2D eigenvalue weighted by atomic mass is 16.5. The number of piperidine rings is 1. The van der Waals surface area contributed by atoms with Crippen molar-refractivity contribution in [3.8, 4) is 0 Å². The first-order valence-corrected chi connectivity index (χ1v) is 7.44. The summed E-state index contributed by atoms with van der Waals surface area (Å²) in [5.41, 5.74) is 7.28. The zero-order valence-electron chi connectivity index (χ0n) is 11.6. The maximum absolute atomic E-state index is 6.19. The number of hydrogen-bond donors (Lipinski definition) is 1. The first kappa shape index (κ1) is 13.1. The van der Waals surface area contributed by atoms with Crippen LogP contribution in [-0.2, 0) is 11.3 Å². The molecule has 0 saturated carbocycles. The quantitative estimate of drug-likeness (QED) is 0.905. The molecule has 2 heterocycles. The van der Waals surface area contributed by atoms with Gasteiger partial charge >= 0.3 is 0 Å². The van der Waals surface area contributed by atoms with Crippen molar-refractivity contribution >= 4 is 0 Å². The molecule has 19 heavy (non-hydrogen) atoms. The lowest BCUT2D eigenvalue weighted by Crippen LogP contribution is -2.44. The van der Waals surface area contributed by atoms with Gasteiger partial charge in [-0.25, -0.2) is 0 Å². The summed E-state index contributed by atoms with van der Waals surface area (Å²) in [4.78, 5) is 2.54. The normalized spacial score (nSPS) is 26.9. The molecule has 3 rings (SSSR count). The van der Waals surface area contributed by atoms with Gasteiger partial charge in [0.15, 0.2) is 0 Å². The molecule has 1 unspecified atom stereocenters. The van der Waals surface area contributed by atoms with E-state index < -0.39 is 0 Å². The summed E-state index contributed by atoms with van der Waals surface area (Å²) >= 11 is 0. The predicted octanol–water partition coefficient (Wildman–Crippen LogP) is 2.16. The van der Waals surface area contributed by atoms with Gasteiger partial charge in [-0.05, 0) is 31.2 Å². The minimum absolute atomic E-state index is 0.150. The molecule has 1 aromatic carbocycles. The molecule has 2 N–H and O–H groups in total. The van der Waals surface area contributed by atoms with E-state index in [0.29, 0.717) is 12.6 Å². The topological polar surface area (TPSA) is 38.5 Å². The van der Waals surface area contributed by atoms with Crippen molar-refractivity contribution in [3.63, 3.8) is 0 Å². The number of rotatable bonds is 3. The van der Waals surface area contributed by atoms with E-state index in [1.165, 1.54) is 12.0 Å². The monoisotopic (exact) mass is 260 g/mol. The highest BCUT2D eigenvalue weighted by Crippen LogP contribution is 2.38. The van der Waals surface area contributed by atoms with Crippen LogP contribution in [0.4, 0.5) is 0 Å². The van der Waals surface area contributed by atoms with Crippen molar-refractivity contribution in [2.24, 2.45) is 5.73 Å². The van der Waals surface area contributed by atoms with Gasteiger partial charge in [-0.1, -0.05) is 30.3 Å². The van der Waals surface area contributed by atoms with Gasteiger partial charge in [0, 0.05) is 26.2 Å². The van der Waals surface area contributed by atoms with E-state index in [2.05, 4.69) is 35.2 Å². The summed E-state index contributed by atoms with van der Waals surface area (Å²) in [5.74, 6) is 0. The molecule has 1 atom stereocenters. The lowest BCUT2D eigenvalue weighted by atomic mass is 9.88. The van der Waals surface area contributed by atoms with E-state index in [1.54, 1.807) is 0 Å². The number of ether oxygens (including phenoxy) is 1. The zero-order valence-corrected chi connectivity index (χ0v) is 11.6. The molecule has 1 aromatic rings. The summed E-state index contributed by atoms with van der Waals surface area (Å²) in [7, 11) is 0. The van der Waals surface area contributed by atoms with Crippen molar-refractivity contribution in [2.75, 3.05) is 19.6 Å². The first-order chi connectivity index (χ1) is 9.30. The fraction of sp³-hybridized carbons (Fsp3) is 0.625. The van der Waals surface area contributed by atoms with Crippen LogP contribution in [0.1, 0.15) is 31.2 Å². The van der Waals surface area contributed by atoms with E-state index in [-0.39, 0.29) is 5.60 Å². The average molecular weight is 260 g/mol. The summed E-state index contributed by atoms with van der Waals surface area (Å²) in [6.07, 6.45) is 4.98. The molecule has 2 saturated heterocycles. The van der Waals surface area contributed by atoms with E-state index >= 15 is 0 Å². The molecular weight excluding hydrogens is 236 g/mol. The van der Waals surface area contributed by atoms with Gasteiger partial charge in [-0.2, -0.15) is 0 Å². The maximum atomic E-state index is 6.19. The average Bonchev–Trinajstić information content (AvgIpc) is 2.86. The Kier molecular flexibility index (Phi) is 3.87. The molecule has 3 nitrogen and oxygen atoms in total. The molecule has 2 fully saturated rings. The van der Waals surface area contributed by atoms with Gasteiger partial charge in [0.1, 0.15) is 0 Å². The third kappa shape index (κ3) is 2.99. The van der Waals surface area contributed by atoms with Gasteiger partial charge in [0.05, 0.1) is 11.7 Å². The van der Waals surface area contributed by atoms with Gasteiger partial charge in [-0.3, -0.25) is 4.90 Å². The Bertz CT molecular complexity index is 398. The van der Waals surface area contributed by atoms with E-state index in [9.17, 15) is 0 Å². The van der Waals surface area contributed by atoms with Crippen molar-refractivity contribution < 1.29 is 4.74 Å². The number of hydrogen-bond acceptors (Lipinski definition) is 3. The Hall–Kier alpha value is -0.900. The maximum Gasteiger partial charge on any atom is 0.0712 e. The van der Waals surface area contributed by atoms with Crippen LogP contribution in [0.15, 0.2) is 30.3 Å². The SMILES string of the molecule is NCC1CCC2(CCN(Cc3ccccc3)CC2)O1. The second-order valence-corrected chi connectivity index (χ2v) is 5.96. The number of nitrogens with two attached hydrogens (primary N) is 1. The lowest BCUT2D eigenvalue weighted by molar-refractivity contribution is -0.0749. The van der Waals surface area contributed by atoms with Crippen LogP contribution in [0.5, 0.6) is 0 Å². The fourth-order valence-corrected chi connectivity index (χ4v) is 3.39. The summed E-state index contributed by atoms with van der Waals surface area (Å²) < 4.78 is 6.19.